The number of carbonyl (C=O) groups excluding carboxylic acids is 2. The summed E-state index contributed by atoms with van der Waals surface area (Å²) in [6.45, 7) is 2.49. The molecule has 0 radical (unpaired) electrons. The largest absolute Gasteiger partial charge is 0.494 e. The summed E-state index contributed by atoms with van der Waals surface area (Å²) in [4.78, 5) is 28.6. The van der Waals surface area contributed by atoms with Crippen LogP contribution in [0.2, 0.25) is 0 Å². The highest BCUT2D eigenvalue weighted by Gasteiger charge is 2.32. The molecule has 2 amide bonds. The van der Waals surface area contributed by atoms with E-state index in [0.717, 1.165) is 5.75 Å². The van der Waals surface area contributed by atoms with Crippen LogP contribution in [0.15, 0.2) is 53.5 Å². The Bertz CT molecular complexity index is 854. The Morgan fingerprint density at radius 1 is 1.22 bits per heavy atom. The first-order chi connectivity index (χ1) is 13.0. The molecule has 0 saturated carbocycles. The number of anilines is 1. The maximum atomic E-state index is 12.9. The molecule has 1 saturated heterocycles. The Morgan fingerprint density at radius 3 is 2.59 bits per heavy atom. The van der Waals surface area contributed by atoms with Gasteiger partial charge in [0, 0.05) is 12.1 Å². The minimum absolute atomic E-state index is 0.00380. The fraction of sp³-hybridized carbons (Fsp3) is 0.211. The van der Waals surface area contributed by atoms with E-state index in [9.17, 15) is 14.0 Å². The molecule has 6 nitrogen and oxygen atoms in total. The molecule has 140 valence electrons. The highest BCUT2D eigenvalue weighted by atomic mass is 32.2. The first kappa shape index (κ1) is 18.9. The van der Waals surface area contributed by atoms with Gasteiger partial charge in [-0.25, -0.2) is 9.38 Å². The summed E-state index contributed by atoms with van der Waals surface area (Å²) in [5.74, 6) is -0.218. The zero-order valence-corrected chi connectivity index (χ0v) is 15.4. The monoisotopic (exact) mass is 387 g/mol. The van der Waals surface area contributed by atoms with Gasteiger partial charge in [-0.1, -0.05) is 11.8 Å². The van der Waals surface area contributed by atoms with Gasteiger partial charge in [-0.3, -0.25) is 9.59 Å². The number of halogens is 1. The molecule has 0 bridgehead atoms. The third-order valence-corrected chi connectivity index (χ3v) is 4.74. The van der Waals surface area contributed by atoms with Crippen molar-refractivity contribution in [2.75, 3.05) is 11.9 Å². The van der Waals surface area contributed by atoms with Crippen molar-refractivity contribution in [3.8, 4) is 5.75 Å². The lowest BCUT2D eigenvalue weighted by molar-refractivity contribution is -0.122. The lowest BCUT2D eigenvalue weighted by Crippen LogP contribution is -2.28. The molecule has 1 atom stereocenters. The number of amidine groups is 1. The molecule has 0 aliphatic carbocycles. The van der Waals surface area contributed by atoms with Gasteiger partial charge in [-0.15, -0.1) is 0 Å². The maximum absolute atomic E-state index is 12.9. The van der Waals surface area contributed by atoms with Gasteiger partial charge in [-0.05, 0) is 55.5 Å². The van der Waals surface area contributed by atoms with Gasteiger partial charge in [0.25, 0.3) is 0 Å². The highest BCUT2D eigenvalue weighted by molar-refractivity contribution is 8.15. The van der Waals surface area contributed by atoms with Crippen molar-refractivity contribution in [2.45, 2.75) is 18.6 Å². The molecular weight excluding hydrogens is 369 g/mol. The third kappa shape index (κ3) is 5.30. The topological polar surface area (TPSA) is 79.8 Å². The summed E-state index contributed by atoms with van der Waals surface area (Å²) in [7, 11) is 0. The first-order valence-electron chi connectivity index (χ1n) is 8.38. The molecule has 8 heteroatoms. The van der Waals surface area contributed by atoms with Crippen LogP contribution in [0.25, 0.3) is 0 Å². The summed E-state index contributed by atoms with van der Waals surface area (Å²) >= 11 is 1.21. The summed E-state index contributed by atoms with van der Waals surface area (Å²) in [5.41, 5.74) is 1.16. The quantitative estimate of drug-likeness (QED) is 0.795. The SMILES string of the molecule is CCOc1ccc(N=C2NC(=O)C(CC(=O)Nc3ccc(F)cc3)S2)cc1. The van der Waals surface area contributed by atoms with Crippen LogP contribution >= 0.6 is 11.8 Å². The van der Waals surface area contributed by atoms with Crippen molar-refractivity contribution in [1.82, 2.24) is 5.32 Å². The van der Waals surface area contributed by atoms with E-state index in [1.165, 1.54) is 36.0 Å². The fourth-order valence-electron chi connectivity index (χ4n) is 2.41. The van der Waals surface area contributed by atoms with E-state index in [2.05, 4.69) is 15.6 Å². The summed E-state index contributed by atoms with van der Waals surface area (Å²) in [6.07, 6.45) is -0.00380. The number of carbonyl (C=O) groups is 2. The van der Waals surface area contributed by atoms with Crippen molar-refractivity contribution in [1.29, 1.82) is 0 Å². The lowest BCUT2D eigenvalue weighted by atomic mass is 10.2. The van der Waals surface area contributed by atoms with E-state index >= 15 is 0 Å². The number of thioether (sulfide) groups is 1. The van der Waals surface area contributed by atoms with E-state index in [1.54, 1.807) is 24.3 Å². The summed E-state index contributed by atoms with van der Waals surface area (Å²) in [5, 5.41) is 5.21. The Morgan fingerprint density at radius 2 is 1.93 bits per heavy atom. The van der Waals surface area contributed by atoms with Crippen LogP contribution in [-0.2, 0) is 9.59 Å². The summed E-state index contributed by atoms with van der Waals surface area (Å²) < 4.78 is 18.3. The molecule has 3 rings (SSSR count). The Kier molecular flexibility index (Phi) is 6.08. The van der Waals surface area contributed by atoms with Crippen LogP contribution in [0.4, 0.5) is 15.8 Å². The van der Waals surface area contributed by atoms with Gasteiger partial charge in [0.05, 0.1) is 12.3 Å². The first-order valence-corrected chi connectivity index (χ1v) is 9.26. The molecule has 1 unspecified atom stereocenters. The van der Waals surface area contributed by atoms with Gasteiger partial charge < -0.3 is 15.4 Å². The van der Waals surface area contributed by atoms with Crippen LogP contribution in [-0.4, -0.2) is 28.8 Å². The van der Waals surface area contributed by atoms with E-state index in [1.807, 2.05) is 6.92 Å². The average Bonchev–Trinajstić information content (AvgIpc) is 2.98. The van der Waals surface area contributed by atoms with E-state index in [-0.39, 0.29) is 24.1 Å². The number of hydrogen-bond acceptors (Lipinski definition) is 5. The van der Waals surface area contributed by atoms with E-state index in [0.29, 0.717) is 23.1 Å². The second kappa shape index (κ2) is 8.68. The standard InChI is InChI=1S/C19H18FN3O3S/c1-2-26-15-9-7-14(8-10-15)22-19-23-18(25)16(27-19)11-17(24)21-13-5-3-12(20)4-6-13/h3-10,16H,2,11H2,1H3,(H,21,24)(H,22,23,25). The minimum atomic E-state index is -0.563. The summed E-state index contributed by atoms with van der Waals surface area (Å²) in [6, 6.07) is 12.6. The van der Waals surface area contributed by atoms with Crippen molar-refractivity contribution >= 4 is 40.1 Å². The van der Waals surface area contributed by atoms with E-state index < -0.39 is 5.25 Å². The molecule has 1 heterocycles. The lowest BCUT2D eigenvalue weighted by Gasteiger charge is -2.07. The number of hydrogen-bond donors (Lipinski definition) is 2. The van der Waals surface area contributed by atoms with Gasteiger partial charge in [0.1, 0.15) is 16.8 Å². The number of nitrogens with one attached hydrogen (secondary N) is 2. The molecule has 2 N–H and O–H groups in total. The molecule has 0 aromatic heterocycles. The number of nitrogens with zero attached hydrogens (tertiary/aromatic N) is 1. The number of rotatable bonds is 6. The van der Waals surface area contributed by atoms with Crippen LogP contribution < -0.4 is 15.4 Å². The molecule has 2 aromatic rings. The van der Waals surface area contributed by atoms with Gasteiger partial charge in [0.15, 0.2) is 5.17 Å². The fourth-order valence-corrected chi connectivity index (χ4v) is 3.39. The molecule has 1 aliphatic heterocycles. The average molecular weight is 387 g/mol. The molecule has 1 aliphatic rings. The number of amides is 2. The third-order valence-electron chi connectivity index (χ3n) is 3.65. The van der Waals surface area contributed by atoms with Crippen LogP contribution in [0, 0.1) is 5.82 Å². The Balaban J connectivity index is 1.57. The Labute approximate surface area is 160 Å². The maximum Gasteiger partial charge on any atom is 0.240 e. The van der Waals surface area contributed by atoms with Crippen LogP contribution in [0.3, 0.4) is 0 Å². The molecule has 2 aromatic carbocycles. The van der Waals surface area contributed by atoms with Crippen molar-refractivity contribution in [3.05, 3.63) is 54.3 Å². The number of ether oxygens (including phenoxy) is 1. The van der Waals surface area contributed by atoms with Gasteiger partial charge >= 0.3 is 0 Å². The molecule has 0 spiro atoms. The zero-order chi connectivity index (χ0) is 19.2. The Hall–Kier alpha value is -2.87. The number of aliphatic imine (C=N–C) groups is 1. The van der Waals surface area contributed by atoms with Crippen molar-refractivity contribution < 1.29 is 18.7 Å². The van der Waals surface area contributed by atoms with Gasteiger partial charge in [0.2, 0.25) is 11.8 Å². The second-order valence-electron chi connectivity index (χ2n) is 5.70. The normalized spacial score (nSPS) is 17.6. The van der Waals surface area contributed by atoms with Crippen LogP contribution in [0.5, 0.6) is 5.75 Å². The number of benzene rings is 2. The second-order valence-corrected chi connectivity index (χ2v) is 6.89. The molecule has 27 heavy (non-hydrogen) atoms. The van der Waals surface area contributed by atoms with Crippen molar-refractivity contribution in [3.63, 3.8) is 0 Å². The highest BCUT2D eigenvalue weighted by Crippen LogP contribution is 2.26. The predicted octanol–water partition coefficient (Wildman–Crippen LogP) is 3.47. The van der Waals surface area contributed by atoms with E-state index in [4.69, 9.17) is 4.74 Å². The predicted molar refractivity (Wildman–Crippen MR) is 104 cm³/mol. The van der Waals surface area contributed by atoms with Gasteiger partial charge in [-0.2, -0.15) is 0 Å². The zero-order valence-electron chi connectivity index (χ0n) is 14.6. The molecule has 1 fully saturated rings. The smallest absolute Gasteiger partial charge is 0.240 e. The van der Waals surface area contributed by atoms with Crippen molar-refractivity contribution in [2.24, 2.45) is 4.99 Å². The molecular formula is C19H18FN3O3S. The minimum Gasteiger partial charge on any atom is -0.494 e. The van der Waals surface area contributed by atoms with Crippen LogP contribution in [0.1, 0.15) is 13.3 Å².